The van der Waals surface area contributed by atoms with Gasteiger partial charge in [0.25, 0.3) is 5.91 Å². The van der Waals surface area contributed by atoms with Crippen molar-refractivity contribution < 1.29 is 32.6 Å². The average molecular weight is 577 g/mol. The Morgan fingerprint density at radius 2 is 1.85 bits per heavy atom. The van der Waals surface area contributed by atoms with Crippen LogP contribution in [0.25, 0.3) is 11.3 Å². The number of benzene rings is 2. The number of halogens is 4. The minimum Gasteiger partial charge on any atom is -0.394 e. The molecule has 0 radical (unpaired) electrons. The molecule has 1 amide bonds. The third-order valence-electron chi connectivity index (χ3n) is 5.72. The van der Waals surface area contributed by atoms with E-state index in [-0.39, 0.29) is 35.1 Å². The van der Waals surface area contributed by atoms with E-state index in [4.69, 9.17) is 5.11 Å². The number of anilines is 4. The standard InChI is InChI=1S/C26H24F4N6O3S/c1-14-23(19-9-16(26(28,29)30)5-8-20(19)27)34-25(40-14)35-24(39)15-3-6-17(7-4-15)33-21-10-22(32-13-31-21)36(2)11-18(38)12-37/h3-10,13,18,37-38H,11-12H2,1-2H3,(H,31,32,33)(H,34,35,39). The van der Waals surface area contributed by atoms with Crippen molar-refractivity contribution in [3.63, 3.8) is 0 Å². The number of thiazole rings is 1. The fourth-order valence-corrected chi connectivity index (χ4v) is 4.52. The van der Waals surface area contributed by atoms with Crippen molar-refractivity contribution in [3.8, 4) is 11.3 Å². The molecule has 4 aromatic rings. The maximum atomic E-state index is 14.4. The molecule has 0 fully saturated rings. The smallest absolute Gasteiger partial charge is 0.394 e. The second kappa shape index (κ2) is 11.9. The predicted octanol–water partition coefficient (Wildman–Crippen LogP) is 4.85. The van der Waals surface area contributed by atoms with E-state index in [1.807, 2.05) is 0 Å². The van der Waals surface area contributed by atoms with Gasteiger partial charge in [0.1, 0.15) is 23.8 Å². The lowest BCUT2D eigenvalue weighted by Crippen LogP contribution is -2.31. The lowest BCUT2D eigenvalue weighted by Gasteiger charge is -2.20. The second-order valence-corrected chi connectivity index (χ2v) is 9.95. The molecule has 0 spiro atoms. The lowest BCUT2D eigenvalue weighted by atomic mass is 10.1. The van der Waals surface area contributed by atoms with Gasteiger partial charge < -0.3 is 20.4 Å². The summed E-state index contributed by atoms with van der Waals surface area (Å²) in [7, 11) is 1.71. The van der Waals surface area contributed by atoms with Crippen molar-refractivity contribution in [2.75, 3.05) is 35.7 Å². The van der Waals surface area contributed by atoms with E-state index in [2.05, 4.69) is 25.6 Å². The lowest BCUT2D eigenvalue weighted by molar-refractivity contribution is -0.137. The summed E-state index contributed by atoms with van der Waals surface area (Å²) in [5.74, 6) is -0.387. The summed E-state index contributed by atoms with van der Waals surface area (Å²) in [5.41, 5.74) is -0.383. The molecule has 9 nitrogen and oxygen atoms in total. The molecule has 14 heteroatoms. The highest BCUT2D eigenvalue weighted by molar-refractivity contribution is 7.16. The van der Waals surface area contributed by atoms with Crippen LogP contribution < -0.4 is 15.5 Å². The van der Waals surface area contributed by atoms with Crippen LogP contribution in [0.2, 0.25) is 0 Å². The van der Waals surface area contributed by atoms with E-state index in [1.165, 1.54) is 6.33 Å². The number of amides is 1. The monoisotopic (exact) mass is 576 g/mol. The van der Waals surface area contributed by atoms with Gasteiger partial charge >= 0.3 is 6.18 Å². The van der Waals surface area contributed by atoms with Gasteiger partial charge in [0, 0.05) is 41.4 Å². The second-order valence-electron chi connectivity index (χ2n) is 8.75. The fourth-order valence-electron chi connectivity index (χ4n) is 3.70. The van der Waals surface area contributed by atoms with Crippen LogP contribution >= 0.6 is 11.3 Å². The molecule has 0 bridgehead atoms. The van der Waals surface area contributed by atoms with Crippen LogP contribution in [0.5, 0.6) is 0 Å². The number of alkyl halides is 3. The zero-order valence-corrected chi connectivity index (χ0v) is 22.0. The number of nitrogens with zero attached hydrogens (tertiary/aromatic N) is 4. The number of hydrogen-bond donors (Lipinski definition) is 4. The largest absolute Gasteiger partial charge is 0.416 e. The summed E-state index contributed by atoms with van der Waals surface area (Å²) < 4.78 is 53.7. The van der Waals surface area contributed by atoms with Crippen LogP contribution in [0.15, 0.2) is 54.9 Å². The van der Waals surface area contributed by atoms with Crippen LogP contribution in [0.1, 0.15) is 20.8 Å². The zero-order valence-electron chi connectivity index (χ0n) is 21.2. The van der Waals surface area contributed by atoms with Gasteiger partial charge in [-0.1, -0.05) is 0 Å². The Kier molecular flexibility index (Phi) is 8.61. The Morgan fingerprint density at radius 1 is 1.12 bits per heavy atom. The number of carbonyl (C=O) groups is 1. The van der Waals surface area contributed by atoms with Crippen molar-refractivity contribution in [1.82, 2.24) is 15.0 Å². The first-order chi connectivity index (χ1) is 18.9. The quantitative estimate of drug-likeness (QED) is 0.209. The summed E-state index contributed by atoms with van der Waals surface area (Å²) >= 11 is 1.02. The third kappa shape index (κ3) is 6.89. The van der Waals surface area contributed by atoms with Gasteiger partial charge in [0.2, 0.25) is 0 Å². The van der Waals surface area contributed by atoms with E-state index in [1.54, 1.807) is 49.2 Å². The molecular formula is C26H24F4N6O3S. The molecule has 0 aliphatic heterocycles. The van der Waals surface area contributed by atoms with Crippen molar-refractivity contribution in [2.45, 2.75) is 19.2 Å². The number of nitrogens with one attached hydrogen (secondary N) is 2. The Labute approximate surface area is 230 Å². The maximum Gasteiger partial charge on any atom is 0.416 e. The summed E-state index contributed by atoms with van der Waals surface area (Å²) in [4.78, 5) is 27.3. The normalized spacial score (nSPS) is 12.2. The van der Waals surface area contributed by atoms with Crippen LogP contribution in [0, 0.1) is 12.7 Å². The van der Waals surface area contributed by atoms with Gasteiger partial charge in [-0.15, -0.1) is 11.3 Å². The Bertz CT molecular complexity index is 1500. The topological polar surface area (TPSA) is 124 Å². The van der Waals surface area contributed by atoms with Gasteiger partial charge in [0.15, 0.2) is 5.13 Å². The van der Waals surface area contributed by atoms with Gasteiger partial charge in [-0.25, -0.2) is 19.3 Å². The van der Waals surface area contributed by atoms with Crippen molar-refractivity contribution in [1.29, 1.82) is 0 Å². The number of hydrogen-bond acceptors (Lipinski definition) is 9. The Hall–Kier alpha value is -4.14. The first-order valence-corrected chi connectivity index (χ1v) is 12.6. The highest BCUT2D eigenvalue weighted by atomic mass is 32.1. The molecule has 0 saturated heterocycles. The van der Waals surface area contributed by atoms with Crippen molar-refractivity contribution in [3.05, 3.63) is 76.7 Å². The predicted molar refractivity (Wildman–Crippen MR) is 143 cm³/mol. The SMILES string of the molecule is Cc1sc(NC(=O)c2ccc(Nc3cc(N(C)CC(O)CO)ncn3)cc2)nc1-c1cc(C(F)(F)F)ccc1F. The first kappa shape index (κ1) is 28.9. The third-order valence-corrected chi connectivity index (χ3v) is 6.61. The Morgan fingerprint density at radius 3 is 2.52 bits per heavy atom. The maximum absolute atomic E-state index is 14.4. The number of aromatic nitrogens is 3. The highest BCUT2D eigenvalue weighted by Gasteiger charge is 2.31. The molecule has 0 aliphatic rings. The van der Waals surface area contributed by atoms with Gasteiger partial charge in [-0.2, -0.15) is 13.2 Å². The molecule has 2 heterocycles. The van der Waals surface area contributed by atoms with Crippen LogP contribution in [0.4, 0.5) is 40.0 Å². The molecule has 4 N–H and O–H groups in total. The zero-order chi connectivity index (χ0) is 29.0. The number of aliphatic hydroxyl groups is 2. The number of aliphatic hydroxyl groups excluding tert-OH is 2. The number of rotatable bonds is 9. The van der Waals surface area contributed by atoms with E-state index in [0.717, 1.165) is 17.4 Å². The first-order valence-electron chi connectivity index (χ1n) is 11.8. The van der Waals surface area contributed by atoms with Crippen LogP contribution in [0.3, 0.4) is 0 Å². The van der Waals surface area contributed by atoms with Crippen molar-refractivity contribution in [2.24, 2.45) is 0 Å². The van der Waals surface area contributed by atoms with Gasteiger partial charge in [-0.05, 0) is 49.4 Å². The molecule has 40 heavy (non-hydrogen) atoms. The van der Waals surface area contributed by atoms with Gasteiger partial charge in [0.05, 0.1) is 24.0 Å². The minimum atomic E-state index is -4.64. The molecule has 1 unspecified atom stereocenters. The molecular weight excluding hydrogens is 552 g/mol. The van der Waals surface area contributed by atoms with Crippen molar-refractivity contribution >= 4 is 39.7 Å². The molecule has 0 saturated carbocycles. The van der Waals surface area contributed by atoms with E-state index in [9.17, 15) is 27.5 Å². The molecule has 0 aliphatic carbocycles. The minimum absolute atomic E-state index is 0.0178. The molecule has 4 rings (SSSR count). The van der Waals surface area contributed by atoms with Gasteiger partial charge in [-0.3, -0.25) is 10.1 Å². The van der Waals surface area contributed by atoms with E-state index >= 15 is 0 Å². The summed E-state index contributed by atoms with van der Waals surface area (Å²) in [6.07, 6.45) is -4.21. The molecule has 1 atom stereocenters. The average Bonchev–Trinajstić information content (AvgIpc) is 3.28. The van der Waals surface area contributed by atoms with E-state index < -0.39 is 29.6 Å². The fraction of sp³-hybridized carbons (Fsp3) is 0.231. The molecule has 2 aromatic heterocycles. The molecule has 210 valence electrons. The van der Waals surface area contributed by atoms with Crippen LogP contribution in [-0.4, -0.2) is 57.4 Å². The highest BCUT2D eigenvalue weighted by Crippen LogP contribution is 2.36. The van der Waals surface area contributed by atoms with Crippen LogP contribution in [-0.2, 0) is 6.18 Å². The van der Waals surface area contributed by atoms with E-state index in [0.29, 0.717) is 34.3 Å². The molecule has 2 aromatic carbocycles. The Balaban J connectivity index is 1.44. The summed E-state index contributed by atoms with van der Waals surface area (Å²) in [6.45, 7) is 1.37. The number of likely N-dealkylation sites (N-methyl/N-ethyl adjacent to an activating group) is 1. The number of aryl methyl sites for hydroxylation is 1. The summed E-state index contributed by atoms with van der Waals surface area (Å²) in [5, 5.41) is 24.5. The number of carbonyl (C=O) groups excluding carboxylic acids is 1. The summed E-state index contributed by atoms with van der Waals surface area (Å²) in [6, 6.07) is 10.2.